The van der Waals surface area contributed by atoms with Crippen molar-refractivity contribution in [3.63, 3.8) is 0 Å². The van der Waals surface area contributed by atoms with Crippen molar-refractivity contribution < 1.29 is 4.79 Å². The second-order valence-corrected chi connectivity index (χ2v) is 12.8. The fourth-order valence-electron chi connectivity index (χ4n) is 6.80. The Labute approximate surface area is 273 Å². The lowest BCUT2D eigenvalue weighted by Gasteiger charge is -2.37. The van der Waals surface area contributed by atoms with Crippen LogP contribution in [0.1, 0.15) is 85.1 Å². The topological polar surface area (TPSA) is 143 Å². The number of nitrogens with zero attached hydrogens (tertiary/aromatic N) is 4. The van der Waals surface area contributed by atoms with Crippen LogP contribution in [0.3, 0.4) is 0 Å². The van der Waals surface area contributed by atoms with Gasteiger partial charge in [0.05, 0.1) is 11.5 Å². The largest absolute Gasteiger partial charge is 0.383 e. The molecule has 1 saturated heterocycles. The summed E-state index contributed by atoms with van der Waals surface area (Å²) < 4.78 is 0. The minimum Gasteiger partial charge on any atom is -0.383 e. The van der Waals surface area contributed by atoms with E-state index in [-0.39, 0.29) is 24.0 Å². The van der Waals surface area contributed by atoms with E-state index in [0.717, 1.165) is 65.0 Å². The molecule has 0 radical (unpaired) electrons. The number of aryl methyl sites for hydroxylation is 2. The van der Waals surface area contributed by atoms with Gasteiger partial charge in [0.25, 0.3) is 5.91 Å². The lowest BCUT2D eigenvalue weighted by Crippen LogP contribution is -2.47. The quantitative estimate of drug-likeness (QED) is 0.0742. The molecule has 46 heavy (non-hydrogen) atoms. The molecule has 2 atom stereocenters. The van der Waals surface area contributed by atoms with Crippen LogP contribution in [0.15, 0.2) is 65.5 Å². The normalized spacial score (nSPS) is 19.1. The molecule has 4 rings (SSSR count). The minimum absolute atomic E-state index is 0.0179. The molecule has 10 heteroatoms. The summed E-state index contributed by atoms with van der Waals surface area (Å²) in [6.07, 6.45) is 3.89. The molecule has 0 spiro atoms. The summed E-state index contributed by atoms with van der Waals surface area (Å²) in [4.78, 5) is 15.2. The number of benzene rings is 2. The predicted molar refractivity (Wildman–Crippen MR) is 187 cm³/mol. The number of fused-ring (bicyclic) bond motifs is 2. The molecule has 2 aliphatic rings. The molecular weight excluding hydrogens is 574 g/mol. The second kappa shape index (κ2) is 15.1. The zero-order valence-corrected chi connectivity index (χ0v) is 27.7. The van der Waals surface area contributed by atoms with Crippen LogP contribution >= 0.6 is 0 Å². The Bertz CT molecular complexity index is 1460. The maximum atomic E-state index is 13.1. The van der Waals surface area contributed by atoms with Crippen LogP contribution in [0.4, 0.5) is 0 Å². The van der Waals surface area contributed by atoms with E-state index >= 15 is 0 Å². The van der Waals surface area contributed by atoms with Crippen molar-refractivity contribution in [2.45, 2.75) is 83.3 Å². The van der Waals surface area contributed by atoms with E-state index in [4.69, 9.17) is 5.84 Å². The zero-order chi connectivity index (χ0) is 33.4. The molecule has 1 aliphatic heterocycles. The summed E-state index contributed by atoms with van der Waals surface area (Å²) in [6, 6.07) is 14.9. The van der Waals surface area contributed by atoms with Crippen molar-refractivity contribution in [3.05, 3.63) is 88.6 Å². The molecule has 2 aromatic carbocycles. The van der Waals surface area contributed by atoms with Crippen LogP contribution in [0, 0.1) is 11.3 Å². The van der Waals surface area contributed by atoms with Gasteiger partial charge in [0.2, 0.25) is 0 Å². The fourth-order valence-corrected chi connectivity index (χ4v) is 6.80. The number of hydrogen-bond acceptors (Lipinski definition) is 8. The number of amidine groups is 1. The van der Waals surface area contributed by atoms with Gasteiger partial charge in [-0.05, 0) is 112 Å². The highest BCUT2D eigenvalue weighted by Crippen LogP contribution is 2.44. The number of hydrazone groups is 2. The Morgan fingerprint density at radius 3 is 2.28 bits per heavy atom. The summed E-state index contributed by atoms with van der Waals surface area (Å²) in [5.74, 6) is 6.50. The van der Waals surface area contributed by atoms with Crippen molar-refractivity contribution in [1.29, 1.82) is 5.26 Å². The van der Waals surface area contributed by atoms with Crippen LogP contribution in [-0.4, -0.2) is 61.1 Å². The van der Waals surface area contributed by atoms with E-state index in [1.54, 1.807) is 0 Å². The molecule has 10 nitrogen and oxygen atoms in total. The second-order valence-electron chi connectivity index (χ2n) is 12.8. The Morgan fingerprint density at radius 1 is 1.07 bits per heavy atom. The third-order valence-corrected chi connectivity index (χ3v) is 8.82. The first-order valence-corrected chi connectivity index (χ1v) is 16.1. The van der Waals surface area contributed by atoms with E-state index in [9.17, 15) is 10.1 Å². The molecule has 244 valence electrons. The van der Waals surface area contributed by atoms with Gasteiger partial charge in [-0.25, -0.2) is 0 Å². The molecule has 2 aromatic rings. The SMILES string of the molecule is C=NN/C(=N\N)C1(CCNCC(=C)N2CCCC2C#N)c2ccc(C(=C)NC(C)C)cc2CCc2cc(C(=O)NC(C)C)ccc21. The highest BCUT2D eigenvalue weighted by atomic mass is 16.1. The number of nitrogens with two attached hydrogens (primary N) is 1. The van der Waals surface area contributed by atoms with Crippen LogP contribution < -0.4 is 27.2 Å². The van der Waals surface area contributed by atoms with E-state index in [2.05, 4.69) is 94.5 Å². The van der Waals surface area contributed by atoms with Crippen LogP contribution in [-0.2, 0) is 18.3 Å². The fraction of sp³-hybridized carbons (Fsp3) is 0.444. The molecule has 1 amide bonds. The minimum atomic E-state index is -0.841. The van der Waals surface area contributed by atoms with E-state index in [0.29, 0.717) is 37.3 Å². The molecule has 0 aromatic heterocycles. The van der Waals surface area contributed by atoms with Gasteiger partial charge in [-0.2, -0.15) is 15.5 Å². The average Bonchev–Trinajstić information content (AvgIpc) is 3.47. The van der Waals surface area contributed by atoms with Gasteiger partial charge in [-0.15, -0.1) is 0 Å². The van der Waals surface area contributed by atoms with Crippen molar-refractivity contribution in [2.75, 3.05) is 19.6 Å². The van der Waals surface area contributed by atoms with Gasteiger partial charge in [-0.1, -0.05) is 31.4 Å². The monoisotopic (exact) mass is 623 g/mol. The molecule has 6 N–H and O–H groups in total. The zero-order valence-electron chi connectivity index (χ0n) is 27.7. The van der Waals surface area contributed by atoms with Gasteiger partial charge in [-0.3, -0.25) is 10.2 Å². The standard InChI is InChI=1S/C36H49N9O/c1-23(2)41-26(6)27-12-14-32-28(19-27)10-11-29-20-30(34(46)42-24(3)4)13-15-33(29)36(32,35(43-38)44-39-7)16-17-40-22-25(5)45-18-8-9-31(45)21-37/h12-15,19-20,23-24,31,40-41H,5-11,16-18,22,38H2,1-4H3,(H,42,46)(H,43,44). The predicted octanol–water partition coefficient (Wildman–Crippen LogP) is 4.14. The highest BCUT2D eigenvalue weighted by Gasteiger charge is 2.44. The lowest BCUT2D eigenvalue weighted by molar-refractivity contribution is 0.0943. The smallest absolute Gasteiger partial charge is 0.251 e. The first-order valence-electron chi connectivity index (χ1n) is 16.1. The van der Waals surface area contributed by atoms with Gasteiger partial charge in [0.15, 0.2) is 5.84 Å². The van der Waals surface area contributed by atoms with Gasteiger partial charge < -0.3 is 26.7 Å². The first-order chi connectivity index (χ1) is 22.0. The third-order valence-electron chi connectivity index (χ3n) is 8.82. The number of amides is 1. The number of rotatable bonds is 13. The molecule has 1 aliphatic carbocycles. The number of hydrogen-bond donors (Lipinski definition) is 5. The van der Waals surface area contributed by atoms with Crippen molar-refractivity contribution in [3.8, 4) is 6.07 Å². The van der Waals surface area contributed by atoms with Crippen LogP contribution in [0.2, 0.25) is 0 Å². The van der Waals surface area contributed by atoms with E-state index in [1.807, 2.05) is 32.0 Å². The third kappa shape index (κ3) is 7.26. The summed E-state index contributed by atoms with van der Waals surface area (Å²) in [5.41, 5.74) is 9.80. The maximum absolute atomic E-state index is 13.1. The van der Waals surface area contributed by atoms with Gasteiger partial charge in [0, 0.05) is 48.8 Å². The van der Waals surface area contributed by atoms with Crippen LogP contribution in [0.25, 0.3) is 5.70 Å². The average molecular weight is 624 g/mol. The molecule has 0 saturated carbocycles. The number of carbonyl (C=O) groups excluding carboxylic acids is 1. The molecular formula is C36H49N9O. The number of nitrogens with one attached hydrogen (secondary N) is 4. The number of carbonyl (C=O) groups is 1. The Kier molecular flexibility index (Phi) is 11.3. The Morgan fingerprint density at radius 2 is 1.70 bits per heavy atom. The van der Waals surface area contributed by atoms with Gasteiger partial charge in [0.1, 0.15) is 6.04 Å². The first kappa shape index (κ1) is 34.3. The van der Waals surface area contributed by atoms with Gasteiger partial charge >= 0.3 is 0 Å². The molecule has 0 bridgehead atoms. The Hall–Kier alpha value is -4.62. The number of likely N-dealkylation sites (tertiary alicyclic amines) is 1. The molecule has 1 heterocycles. The Balaban J connectivity index is 1.80. The summed E-state index contributed by atoms with van der Waals surface area (Å²) in [6.45, 7) is 22.3. The lowest BCUT2D eigenvalue weighted by atomic mass is 9.68. The molecule has 2 unspecified atom stereocenters. The van der Waals surface area contributed by atoms with Crippen LogP contribution in [0.5, 0.6) is 0 Å². The maximum Gasteiger partial charge on any atom is 0.251 e. The summed E-state index contributed by atoms with van der Waals surface area (Å²) in [5, 5.41) is 27.9. The summed E-state index contributed by atoms with van der Waals surface area (Å²) >= 11 is 0. The van der Waals surface area contributed by atoms with Crippen molar-refractivity contribution in [1.82, 2.24) is 26.3 Å². The molecule has 1 fully saturated rings. The van der Waals surface area contributed by atoms with Crippen molar-refractivity contribution >= 4 is 24.2 Å². The summed E-state index contributed by atoms with van der Waals surface area (Å²) in [7, 11) is 0. The highest BCUT2D eigenvalue weighted by molar-refractivity contribution is 5.99. The van der Waals surface area contributed by atoms with E-state index < -0.39 is 5.41 Å². The van der Waals surface area contributed by atoms with E-state index in [1.165, 1.54) is 0 Å². The number of nitriles is 1. The van der Waals surface area contributed by atoms with Crippen molar-refractivity contribution in [2.24, 2.45) is 16.0 Å².